The summed E-state index contributed by atoms with van der Waals surface area (Å²) in [4.78, 5) is 26.4. The van der Waals surface area contributed by atoms with Crippen LogP contribution < -0.4 is 4.90 Å². The molecule has 0 spiro atoms. The van der Waals surface area contributed by atoms with Crippen LogP contribution in [0.1, 0.15) is 47.8 Å². The van der Waals surface area contributed by atoms with Gasteiger partial charge in [0.25, 0.3) is 0 Å². The van der Waals surface area contributed by atoms with Crippen LogP contribution in [0.3, 0.4) is 0 Å². The molecule has 0 unspecified atom stereocenters. The molecule has 1 amide bonds. The predicted molar refractivity (Wildman–Crippen MR) is 120 cm³/mol. The van der Waals surface area contributed by atoms with Gasteiger partial charge in [0.05, 0.1) is 23.0 Å². The van der Waals surface area contributed by atoms with Gasteiger partial charge in [0.1, 0.15) is 0 Å². The standard InChI is InChI=1S/C24H29N5O2/c1-16-17(2)27-31-23(16)19-15-25-24(28(3)4)26-22(19)20-11-8-14-29(20)21(30)13-12-18-9-6-5-7-10-18/h5-7,9-10,15,20H,8,11-14H2,1-4H3/t20-/m1/s1. The van der Waals surface area contributed by atoms with Crippen molar-refractivity contribution >= 4 is 11.9 Å². The summed E-state index contributed by atoms with van der Waals surface area (Å²) < 4.78 is 5.64. The van der Waals surface area contributed by atoms with Crippen LogP contribution in [0.15, 0.2) is 41.1 Å². The molecule has 2 aromatic heterocycles. The molecule has 1 fully saturated rings. The van der Waals surface area contributed by atoms with Crippen LogP contribution in [0.4, 0.5) is 5.95 Å². The zero-order chi connectivity index (χ0) is 22.0. The predicted octanol–water partition coefficient (Wildman–Crippen LogP) is 4.11. The Bertz CT molecular complexity index is 1060. The Labute approximate surface area is 183 Å². The van der Waals surface area contributed by atoms with Gasteiger partial charge in [0.2, 0.25) is 11.9 Å². The average Bonchev–Trinajstić information content (AvgIpc) is 3.39. The lowest BCUT2D eigenvalue weighted by Gasteiger charge is -2.26. The molecule has 0 N–H and O–H groups in total. The summed E-state index contributed by atoms with van der Waals surface area (Å²) in [6, 6.07) is 10.1. The minimum atomic E-state index is -0.0928. The van der Waals surface area contributed by atoms with E-state index in [4.69, 9.17) is 9.51 Å². The third kappa shape index (κ3) is 4.31. The summed E-state index contributed by atoms with van der Waals surface area (Å²) in [5, 5.41) is 4.11. The molecule has 0 aliphatic carbocycles. The number of rotatable bonds is 6. The van der Waals surface area contributed by atoms with Crippen LogP contribution in [0.5, 0.6) is 0 Å². The fourth-order valence-corrected chi connectivity index (χ4v) is 4.09. The molecule has 0 bridgehead atoms. The number of aromatic nitrogens is 3. The van der Waals surface area contributed by atoms with Gasteiger partial charge >= 0.3 is 0 Å². The number of likely N-dealkylation sites (tertiary alicyclic amines) is 1. The third-order valence-corrected chi connectivity index (χ3v) is 5.97. The van der Waals surface area contributed by atoms with E-state index in [1.165, 1.54) is 5.56 Å². The molecule has 1 aliphatic rings. The molecule has 3 aromatic rings. The maximum absolute atomic E-state index is 13.2. The molecule has 1 aromatic carbocycles. The second kappa shape index (κ2) is 8.88. The highest BCUT2D eigenvalue weighted by Gasteiger charge is 2.34. The number of hydrogen-bond acceptors (Lipinski definition) is 6. The van der Waals surface area contributed by atoms with E-state index in [9.17, 15) is 4.79 Å². The highest BCUT2D eigenvalue weighted by molar-refractivity contribution is 5.78. The number of nitrogens with zero attached hydrogens (tertiary/aromatic N) is 5. The Kier molecular flexibility index (Phi) is 6.02. The van der Waals surface area contributed by atoms with E-state index in [1.54, 1.807) is 6.20 Å². The van der Waals surface area contributed by atoms with Gasteiger partial charge < -0.3 is 14.3 Å². The largest absolute Gasteiger partial charge is 0.356 e. The molecule has 4 rings (SSSR count). The van der Waals surface area contributed by atoms with Crippen molar-refractivity contribution in [3.05, 3.63) is 59.0 Å². The Balaban J connectivity index is 1.65. The molecule has 162 valence electrons. The lowest BCUT2D eigenvalue weighted by molar-refractivity contribution is -0.132. The van der Waals surface area contributed by atoms with Gasteiger partial charge in [-0.05, 0) is 38.7 Å². The first-order chi connectivity index (χ1) is 15.0. The molecular weight excluding hydrogens is 390 g/mol. The summed E-state index contributed by atoms with van der Waals surface area (Å²) in [5.41, 5.74) is 4.65. The first-order valence-corrected chi connectivity index (χ1v) is 10.8. The lowest BCUT2D eigenvalue weighted by atomic mass is 10.0. The van der Waals surface area contributed by atoms with Gasteiger partial charge in [-0.1, -0.05) is 35.5 Å². The summed E-state index contributed by atoms with van der Waals surface area (Å²) in [6.07, 6.45) is 4.86. The van der Waals surface area contributed by atoms with Crippen LogP contribution >= 0.6 is 0 Å². The van der Waals surface area contributed by atoms with Gasteiger partial charge in [-0.15, -0.1) is 0 Å². The number of amides is 1. The first-order valence-electron chi connectivity index (χ1n) is 10.8. The number of benzene rings is 1. The molecular formula is C24H29N5O2. The van der Waals surface area contributed by atoms with E-state index in [1.807, 2.05) is 55.9 Å². The average molecular weight is 420 g/mol. The third-order valence-electron chi connectivity index (χ3n) is 5.97. The van der Waals surface area contributed by atoms with Crippen molar-refractivity contribution in [3.63, 3.8) is 0 Å². The highest BCUT2D eigenvalue weighted by Crippen LogP contribution is 2.38. The van der Waals surface area contributed by atoms with E-state index in [0.29, 0.717) is 18.1 Å². The number of aryl methyl sites for hydroxylation is 2. The summed E-state index contributed by atoms with van der Waals surface area (Å²) in [7, 11) is 3.83. The van der Waals surface area contributed by atoms with Crippen LogP contribution in [0.25, 0.3) is 11.3 Å². The Morgan fingerprint density at radius 1 is 1.23 bits per heavy atom. The van der Waals surface area contributed by atoms with E-state index in [-0.39, 0.29) is 11.9 Å². The van der Waals surface area contributed by atoms with Crippen LogP contribution in [0, 0.1) is 13.8 Å². The second-order valence-corrected chi connectivity index (χ2v) is 8.32. The normalized spacial score (nSPS) is 16.0. The second-order valence-electron chi connectivity index (χ2n) is 8.32. The Hall–Kier alpha value is -3.22. The highest BCUT2D eigenvalue weighted by atomic mass is 16.5. The minimum absolute atomic E-state index is 0.0928. The van der Waals surface area contributed by atoms with Gasteiger partial charge in [0, 0.05) is 38.8 Å². The molecule has 1 atom stereocenters. The van der Waals surface area contributed by atoms with Crippen molar-refractivity contribution < 1.29 is 9.32 Å². The van der Waals surface area contributed by atoms with Crippen molar-refractivity contribution in [1.82, 2.24) is 20.0 Å². The molecule has 7 heteroatoms. The van der Waals surface area contributed by atoms with Crippen molar-refractivity contribution in [2.24, 2.45) is 0 Å². The minimum Gasteiger partial charge on any atom is -0.356 e. The quantitative estimate of drug-likeness (QED) is 0.599. The van der Waals surface area contributed by atoms with Crippen molar-refractivity contribution in [3.8, 4) is 11.3 Å². The zero-order valence-electron chi connectivity index (χ0n) is 18.6. The topological polar surface area (TPSA) is 75.4 Å². The first kappa shape index (κ1) is 21.0. The van der Waals surface area contributed by atoms with E-state index >= 15 is 0 Å². The van der Waals surface area contributed by atoms with Crippen LogP contribution in [-0.4, -0.2) is 46.6 Å². The fraction of sp³-hybridized carbons (Fsp3) is 0.417. The number of hydrogen-bond donors (Lipinski definition) is 0. The zero-order valence-corrected chi connectivity index (χ0v) is 18.6. The molecule has 1 saturated heterocycles. The Morgan fingerprint density at radius 3 is 2.68 bits per heavy atom. The molecule has 0 radical (unpaired) electrons. The number of carbonyl (C=O) groups excluding carboxylic acids is 1. The van der Waals surface area contributed by atoms with E-state index in [0.717, 1.165) is 48.3 Å². The summed E-state index contributed by atoms with van der Waals surface area (Å²) >= 11 is 0. The molecule has 1 aliphatic heterocycles. The monoisotopic (exact) mass is 419 g/mol. The lowest BCUT2D eigenvalue weighted by Crippen LogP contribution is -2.32. The van der Waals surface area contributed by atoms with Crippen molar-refractivity contribution in [2.75, 3.05) is 25.5 Å². The van der Waals surface area contributed by atoms with E-state index in [2.05, 4.69) is 22.3 Å². The molecule has 0 saturated carbocycles. The molecule has 3 heterocycles. The smallest absolute Gasteiger partial charge is 0.225 e. The SMILES string of the molecule is Cc1noc(-c2cnc(N(C)C)nc2[C@H]2CCCN2C(=O)CCc2ccccc2)c1C. The fourth-order valence-electron chi connectivity index (χ4n) is 4.09. The molecule has 7 nitrogen and oxygen atoms in total. The van der Waals surface area contributed by atoms with Gasteiger partial charge in [-0.2, -0.15) is 0 Å². The van der Waals surface area contributed by atoms with Crippen molar-refractivity contribution in [2.45, 2.75) is 45.6 Å². The van der Waals surface area contributed by atoms with Gasteiger partial charge in [-0.25, -0.2) is 9.97 Å². The maximum atomic E-state index is 13.2. The summed E-state index contributed by atoms with van der Waals surface area (Å²) in [6.45, 7) is 4.65. The van der Waals surface area contributed by atoms with Gasteiger partial charge in [-0.3, -0.25) is 4.79 Å². The maximum Gasteiger partial charge on any atom is 0.225 e. The van der Waals surface area contributed by atoms with Gasteiger partial charge in [0.15, 0.2) is 5.76 Å². The number of anilines is 1. The van der Waals surface area contributed by atoms with Crippen molar-refractivity contribution in [1.29, 1.82) is 0 Å². The Morgan fingerprint density at radius 2 is 2.00 bits per heavy atom. The molecule has 31 heavy (non-hydrogen) atoms. The van der Waals surface area contributed by atoms with Crippen LogP contribution in [0.2, 0.25) is 0 Å². The van der Waals surface area contributed by atoms with Crippen LogP contribution in [-0.2, 0) is 11.2 Å². The summed E-state index contributed by atoms with van der Waals surface area (Å²) in [5.74, 6) is 1.46. The number of carbonyl (C=O) groups is 1. The van der Waals surface area contributed by atoms with E-state index < -0.39 is 0 Å².